The normalized spacial score (nSPS) is 10.1. The summed E-state index contributed by atoms with van der Waals surface area (Å²) in [6.07, 6.45) is 0. The number of anilines is 2. The Morgan fingerprint density at radius 1 is 1.12 bits per heavy atom. The van der Waals surface area contributed by atoms with E-state index in [-0.39, 0.29) is 0 Å². The molecule has 0 saturated heterocycles. The number of benzene rings is 2. The molecule has 0 spiro atoms. The number of rotatable bonds is 3. The molecule has 88 valence electrons. The third kappa shape index (κ3) is 2.60. The Kier molecular flexibility index (Phi) is 3.66. The zero-order valence-corrected chi connectivity index (χ0v) is 11.0. The number of methoxy groups -OCH3 is 1. The van der Waals surface area contributed by atoms with Crippen molar-refractivity contribution in [2.24, 2.45) is 5.84 Å². The minimum Gasteiger partial charge on any atom is -0.497 e. The fourth-order valence-electron chi connectivity index (χ4n) is 1.53. The van der Waals surface area contributed by atoms with Gasteiger partial charge in [0.25, 0.3) is 0 Å². The van der Waals surface area contributed by atoms with Crippen LogP contribution in [0.1, 0.15) is 0 Å². The third-order valence-corrected chi connectivity index (χ3v) is 3.12. The molecule has 2 rings (SSSR count). The predicted octanol–water partition coefficient (Wildman–Crippen LogP) is 3.47. The molecule has 3 nitrogen and oxygen atoms in total. The number of hydrogen-bond donors (Lipinski definition) is 1. The predicted molar refractivity (Wildman–Crippen MR) is 73.5 cm³/mol. The van der Waals surface area contributed by atoms with Crippen molar-refractivity contribution in [1.29, 1.82) is 0 Å². The van der Waals surface area contributed by atoms with Gasteiger partial charge in [-0.25, -0.2) is 5.84 Å². The summed E-state index contributed by atoms with van der Waals surface area (Å²) >= 11 is 3.48. The Balaban J connectivity index is 2.40. The lowest BCUT2D eigenvalue weighted by molar-refractivity contribution is 0.415. The van der Waals surface area contributed by atoms with Crippen LogP contribution >= 0.6 is 15.9 Å². The van der Waals surface area contributed by atoms with Gasteiger partial charge in [0, 0.05) is 10.5 Å². The standard InChI is InChI=1S/C13H13BrN2O/c1-17-11-7-8-12(14)13(9-11)16(15)10-5-3-2-4-6-10/h2-9H,15H2,1H3. The van der Waals surface area contributed by atoms with Crippen LogP contribution in [0.4, 0.5) is 11.4 Å². The van der Waals surface area contributed by atoms with Gasteiger partial charge in [-0.15, -0.1) is 0 Å². The Morgan fingerprint density at radius 2 is 1.82 bits per heavy atom. The number of para-hydroxylation sites is 1. The Hall–Kier alpha value is -1.52. The number of ether oxygens (including phenoxy) is 1. The second-order valence-electron chi connectivity index (χ2n) is 3.52. The largest absolute Gasteiger partial charge is 0.497 e. The second-order valence-corrected chi connectivity index (χ2v) is 4.38. The summed E-state index contributed by atoms with van der Waals surface area (Å²) in [7, 11) is 1.64. The van der Waals surface area contributed by atoms with Gasteiger partial charge in [0.15, 0.2) is 0 Å². The minimum absolute atomic E-state index is 0.773. The second kappa shape index (κ2) is 5.21. The lowest BCUT2D eigenvalue weighted by atomic mass is 10.2. The molecule has 17 heavy (non-hydrogen) atoms. The van der Waals surface area contributed by atoms with Crippen molar-refractivity contribution < 1.29 is 4.74 Å². The molecule has 2 aromatic rings. The summed E-state index contributed by atoms with van der Waals surface area (Å²) < 4.78 is 6.11. The smallest absolute Gasteiger partial charge is 0.121 e. The first-order valence-electron chi connectivity index (χ1n) is 5.16. The van der Waals surface area contributed by atoms with Gasteiger partial charge < -0.3 is 4.74 Å². The van der Waals surface area contributed by atoms with Crippen molar-refractivity contribution in [2.75, 3.05) is 12.1 Å². The van der Waals surface area contributed by atoms with E-state index in [1.165, 1.54) is 0 Å². The van der Waals surface area contributed by atoms with Gasteiger partial charge in [0.05, 0.1) is 18.5 Å². The van der Waals surface area contributed by atoms with Gasteiger partial charge in [-0.1, -0.05) is 18.2 Å². The molecule has 0 bridgehead atoms. The molecule has 0 aliphatic heterocycles. The highest BCUT2D eigenvalue weighted by atomic mass is 79.9. The summed E-state index contributed by atoms with van der Waals surface area (Å²) in [5.41, 5.74) is 1.78. The molecule has 0 unspecified atom stereocenters. The average Bonchev–Trinajstić information content (AvgIpc) is 2.39. The van der Waals surface area contributed by atoms with E-state index in [0.717, 1.165) is 21.6 Å². The molecule has 0 fully saturated rings. The van der Waals surface area contributed by atoms with E-state index in [4.69, 9.17) is 10.6 Å². The Bertz CT molecular complexity index is 502. The number of hydrazine groups is 1. The zero-order chi connectivity index (χ0) is 12.3. The number of nitrogens with zero attached hydrogens (tertiary/aromatic N) is 1. The van der Waals surface area contributed by atoms with Gasteiger partial charge in [-0.05, 0) is 40.2 Å². The maximum atomic E-state index is 6.09. The van der Waals surface area contributed by atoms with Crippen LogP contribution in [-0.2, 0) is 0 Å². The quantitative estimate of drug-likeness (QED) is 0.695. The first-order valence-corrected chi connectivity index (χ1v) is 5.95. The fourth-order valence-corrected chi connectivity index (χ4v) is 1.97. The van der Waals surface area contributed by atoms with Crippen LogP contribution in [0.3, 0.4) is 0 Å². The lowest BCUT2D eigenvalue weighted by Gasteiger charge is -2.20. The molecule has 0 heterocycles. The van der Waals surface area contributed by atoms with Gasteiger partial charge in [0.2, 0.25) is 0 Å². The lowest BCUT2D eigenvalue weighted by Crippen LogP contribution is -2.25. The first kappa shape index (κ1) is 12.0. The highest BCUT2D eigenvalue weighted by Gasteiger charge is 2.09. The van der Waals surface area contributed by atoms with Crippen LogP contribution in [0.15, 0.2) is 53.0 Å². The summed E-state index contributed by atoms with van der Waals surface area (Å²) in [6, 6.07) is 15.4. The molecule has 0 aliphatic carbocycles. The van der Waals surface area contributed by atoms with Gasteiger partial charge in [0.1, 0.15) is 5.75 Å². The minimum atomic E-state index is 0.773. The Labute approximate surface area is 109 Å². The molecule has 4 heteroatoms. The maximum Gasteiger partial charge on any atom is 0.121 e. The van der Waals surface area contributed by atoms with E-state index >= 15 is 0 Å². The Morgan fingerprint density at radius 3 is 2.47 bits per heavy atom. The van der Waals surface area contributed by atoms with Crippen molar-refractivity contribution in [3.8, 4) is 5.75 Å². The molecule has 0 aromatic heterocycles. The summed E-state index contributed by atoms with van der Waals surface area (Å²) in [6.45, 7) is 0. The molecule has 2 N–H and O–H groups in total. The van der Waals surface area contributed by atoms with Crippen LogP contribution in [0.5, 0.6) is 5.75 Å². The molecule has 0 saturated carbocycles. The highest BCUT2D eigenvalue weighted by molar-refractivity contribution is 9.10. The molecular weight excluding hydrogens is 280 g/mol. The molecule has 2 aromatic carbocycles. The van der Waals surface area contributed by atoms with E-state index in [9.17, 15) is 0 Å². The zero-order valence-electron chi connectivity index (χ0n) is 9.43. The maximum absolute atomic E-state index is 6.09. The summed E-state index contributed by atoms with van der Waals surface area (Å²) in [4.78, 5) is 0. The van der Waals surface area contributed by atoms with Crippen LogP contribution < -0.4 is 15.6 Å². The van der Waals surface area contributed by atoms with E-state index in [0.29, 0.717) is 0 Å². The van der Waals surface area contributed by atoms with E-state index in [1.807, 2.05) is 48.5 Å². The first-order chi connectivity index (χ1) is 8.22. The SMILES string of the molecule is COc1ccc(Br)c(N(N)c2ccccc2)c1. The summed E-state index contributed by atoms with van der Waals surface area (Å²) in [5, 5.41) is 1.62. The van der Waals surface area contributed by atoms with E-state index < -0.39 is 0 Å². The monoisotopic (exact) mass is 292 g/mol. The number of nitrogens with two attached hydrogens (primary N) is 1. The van der Waals surface area contributed by atoms with E-state index in [1.54, 1.807) is 12.1 Å². The van der Waals surface area contributed by atoms with Gasteiger partial charge >= 0.3 is 0 Å². The topological polar surface area (TPSA) is 38.5 Å². The van der Waals surface area contributed by atoms with Crippen LogP contribution in [0.2, 0.25) is 0 Å². The van der Waals surface area contributed by atoms with E-state index in [2.05, 4.69) is 15.9 Å². The van der Waals surface area contributed by atoms with Gasteiger partial charge in [-0.3, -0.25) is 5.01 Å². The molecule has 0 radical (unpaired) electrons. The fraction of sp³-hybridized carbons (Fsp3) is 0.0769. The average molecular weight is 293 g/mol. The molecule has 0 atom stereocenters. The van der Waals surface area contributed by atoms with Crippen molar-refractivity contribution in [2.45, 2.75) is 0 Å². The van der Waals surface area contributed by atoms with Crippen molar-refractivity contribution in [3.63, 3.8) is 0 Å². The van der Waals surface area contributed by atoms with Crippen molar-refractivity contribution in [3.05, 3.63) is 53.0 Å². The van der Waals surface area contributed by atoms with Crippen molar-refractivity contribution in [1.82, 2.24) is 0 Å². The third-order valence-electron chi connectivity index (χ3n) is 2.45. The summed E-state index contributed by atoms with van der Waals surface area (Å²) in [5.74, 6) is 6.86. The molecule has 0 amide bonds. The van der Waals surface area contributed by atoms with Gasteiger partial charge in [-0.2, -0.15) is 0 Å². The number of hydrogen-bond acceptors (Lipinski definition) is 3. The van der Waals surface area contributed by atoms with Crippen molar-refractivity contribution >= 4 is 27.3 Å². The van der Waals surface area contributed by atoms with Crippen LogP contribution in [0.25, 0.3) is 0 Å². The van der Waals surface area contributed by atoms with Crippen LogP contribution in [0, 0.1) is 0 Å². The molecule has 0 aliphatic rings. The number of halogens is 1. The van der Waals surface area contributed by atoms with Crippen LogP contribution in [-0.4, -0.2) is 7.11 Å². The highest BCUT2D eigenvalue weighted by Crippen LogP contribution is 2.32. The molecular formula is C13H13BrN2O.